The van der Waals surface area contributed by atoms with E-state index < -0.39 is 0 Å². The van der Waals surface area contributed by atoms with Crippen molar-refractivity contribution in [3.63, 3.8) is 0 Å². The molecule has 1 aliphatic heterocycles. The van der Waals surface area contributed by atoms with Crippen LogP contribution in [0.15, 0.2) is 30.5 Å². The summed E-state index contributed by atoms with van der Waals surface area (Å²) in [5.74, 6) is 1.50. The molecule has 1 aromatic heterocycles. The average molecular weight is 230 g/mol. The Labute approximate surface area is 99.1 Å². The zero-order chi connectivity index (χ0) is 11.8. The molecule has 88 valence electrons. The number of aliphatic hydroxyl groups is 1. The Morgan fingerprint density at radius 1 is 1.29 bits per heavy atom. The minimum Gasteiger partial charge on any atom is -0.508 e. The van der Waals surface area contributed by atoms with Crippen LogP contribution in [0.5, 0.6) is 5.75 Å². The maximum absolute atomic E-state index is 9.54. The molecule has 2 heterocycles. The number of hydrogen-bond donors (Lipinski definition) is 2. The zero-order valence-corrected chi connectivity index (χ0v) is 9.37. The van der Waals surface area contributed by atoms with Gasteiger partial charge in [-0.1, -0.05) is 6.07 Å². The predicted molar refractivity (Wildman–Crippen MR) is 66.2 cm³/mol. The van der Waals surface area contributed by atoms with Gasteiger partial charge in [-0.3, -0.25) is 0 Å². The van der Waals surface area contributed by atoms with E-state index in [1.807, 2.05) is 12.1 Å². The van der Waals surface area contributed by atoms with E-state index in [1.54, 1.807) is 18.3 Å². The number of aliphatic hydroxyl groups excluding tert-OH is 1. The molecule has 0 atom stereocenters. The van der Waals surface area contributed by atoms with E-state index in [9.17, 15) is 5.11 Å². The molecule has 0 bridgehead atoms. The molecule has 0 unspecified atom stereocenters. The second kappa shape index (κ2) is 3.89. The Hall–Kier alpha value is -1.81. The van der Waals surface area contributed by atoms with Crippen molar-refractivity contribution in [2.75, 3.05) is 24.6 Å². The number of nitrogens with zero attached hydrogens (tertiary/aromatic N) is 2. The maximum atomic E-state index is 9.54. The van der Waals surface area contributed by atoms with Gasteiger partial charge in [-0.25, -0.2) is 4.98 Å². The first-order chi connectivity index (χ1) is 8.28. The number of aromatic hydroxyl groups is 1. The molecule has 0 aliphatic carbocycles. The number of pyridine rings is 1. The molecule has 4 nitrogen and oxygen atoms in total. The highest BCUT2D eigenvalue weighted by molar-refractivity contribution is 5.93. The number of rotatable bonds is 2. The van der Waals surface area contributed by atoms with Crippen LogP contribution < -0.4 is 4.90 Å². The van der Waals surface area contributed by atoms with Crippen LogP contribution in [0.1, 0.15) is 0 Å². The summed E-state index contributed by atoms with van der Waals surface area (Å²) < 4.78 is 0. The summed E-state index contributed by atoms with van der Waals surface area (Å²) in [7, 11) is 0. The van der Waals surface area contributed by atoms with E-state index in [2.05, 4.69) is 9.88 Å². The van der Waals surface area contributed by atoms with Gasteiger partial charge in [0.1, 0.15) is 11.6 Å². The van der Waals surface area contributed by atoms with Crippen molar-refractivity contribution in [2.45, 2.75) is 0 Å². The van der Waals surface area contributed by atoms with Gasteiger partial charge in [0, 0.05) is 37.2 Å². The Kier molecular flexibility index (Phi) is 2.37. The lowest BCUT2D eigenvalue weighted by Gasteiger charge is -2.39. The highest BCUT2D eigenvalue weighted by atomic mass is 16.3. The van der Waals surface area contributed by atoms with Gasteiger partial charge >= 0.3 is 0 Å². The van der Waals surface area contributed by atoms with Gasteiger partial charge in [0.25, 0.3) is 0 Å². The van der Waals surface area contributed by atoms with Gasteiger partial charge in [0.05, 0.1) is 0 Å². The largest absolute Gasteiger partial charge is 0.508 e. The third-order valence-corrected chi connectivity index (χ3v) is 3.24. The molecular formula is C13H14N2O2. The first kappa shape index (κ1) is 10.4. The van der Waals surface area contributed by atoms with Crippen molar-refractivity contribution < 1.29 is 10.2 Å². The van der Waals surface area contributed by atoms with E-state index in [-0.39, 0.29) is 12.4 Å². The predicted octanol–water partition coefficient (Wildman–Crippen LogP) is 1.37. The van der Waals surface area contributed by atoms with E-state index in [0.717, 1.165) is 29.7 Å². The molecular weight excluding hydrogens is 216 g/mol. The standard InChI is InChI=1S/C13H14N2O2/c16-8-9-6-15(7-9)13-12-5-11(17)2-1-10(12)3-4-14-13/h1-5,9,16-17H,6-8H2. The SMILES string of the molecule is OCC1CN(c2nccc3ccc(O)cc23)C1. The van der Waals surface area contributed by atoms with E-state index in [1.165, 1.54) is 0 Å². The van der Waals surface area contributed by atoms with Crippen LogP contribution in [-0.4, -0.2) is 34.9 Å². The zero-order valence-electron chi connectivity index (χ0n) is 9.37. The topological polar surface area (TPSA) is 56.6 Å². The van der Waals surface area contributed by atoms with Crippen LogP contribution in [0.2, 0.25) is 0 Å². The van der Waals surface area contributed by atoms with E-state index in [4.69, 9.17) is 5.11 Å². The summed E-state index contributed by atoms with van der Waals surface area (Å²) in [6.07, 6.45) is 1.78. The summed E-state index contributed by atoms with van der Waals surface area (Å²) in [6.45, 7) is 1.89. The summed E-state index contributed by atoms with van der Waals surface area (Å²) in [5.41, 5.74) is 0. The van der Waals surface area contributed by atoms with Crippen molar-refractivity contribution in [2.24, 2.45) is 5.92 Å². The van der Waals surface area contributed by atoms with Gasteiger partial charge in [0.15, 0.2) is 0 Å². The summed E-state index contributed by atoms with van der Waals surface area (Å²) in [6, 6.07) is 7.24. The smallest absolute Gasteiger partial charge is 0.136 e. The van der Waals surface area contributed by atoms with Crippen molar-refractivity contribution in [1.29, 1.82) is 0 Å². The van der Waals surface area contributed by atoms with Crippen LogP contribution in [0.25, 0.3) is 10.8 Å². The van der Waals surface area contributed by atoms with Crippen molar-refractivity contribution in [1.82, 2.24) is 4.98 Å². The summed E-state index contributed by atoms with van der Waals surface area (Å²) >= 11 is 0. The van der Waals surface area contributed by atoms with E-state index >= 15 is 0 Å². The molecule has 3 rings (SSSR count). The van der Waals surface area contributed by atoms with Gasteiger partial charge in [-0.15, -0.1) is 0 Å². The fourth-order valence-electron chi connectivity index (χ4n) is 2.25. The molecule has 0 amide bonds. The van der Waals surface area contributed by atoms with Gasteiger partial charge < -0.3 is 15.1 Å². The van der Waals surface area contributed by atoms with Gasteiger partial charge in [-0.2, -0.15) is 0 Å². The number of phenolic OH excluding ortho intramolecular Hbond substituents is 1. The molecule has 1 fully saturated rings. The monoisotopic (exact) mass is 230 g/mol. The molecule has 0 radical (unpaired) electrons. The van der Waals surface area contributed by atoms with Crippen LogP contribution in [-0.2, 0) is 0 Å². The molecule has 1 saturated heterocycles. The fourth-order valence-corrected chi connectivity index (χ4v) is 2.25. The van der Waals surface area contributed by atoms with Crippen molar-refractivity contribution in [3.8, 4) is 5.75 Å². The molecule has 0 spiro atoms. The summed E-state index contributed by atoms with van der Waals surface area (Å²) in [5, 5.41) is 20.6. The second-order valence-corrected chi connectivity index (χ2v) is 4.49. The number of benzene rings is 1. The molecule has 0 saturated carbocycles. The fraction of sp³-hybridized carbons (Fsp3) is 0.308. The van der Waals surface area contributed by atoms with E-state index in [0.29, 0.717) is 5.92 Å². The number of hydrogen-bond acceptors (Lipinski definition) is 4. The number of phenols is 1. The number of aromatic nitrogens is 1. The molecule has 1 aromatic carbocycles. The number of fused-ring (bicyclic) bond motifs is 1. The van der Waals surface area contributed by atoms with Crippen molar-refractivity contribution in [3.05, 3.63) is 30.5 Å². The second-order valence-electron chi connectivity index (χ2n) is 4.49. The first-order valence-electron chi connectivity index (χ1n) is 5.71. The Morgan fingerprint density at radius 3 is 2.88 bits per heavy atom. The highest BCUT2D eigenvalue weighted by Crippen LogP contribution is 2.31. The maximum Gasteiger partial charge on any atom is 0.136 e. The molecule has 2 N–H and O–H groups in total. The van der Waals surface area contributed by atoms with Crippen LogP contribution >= 0.6 is 0 Å². The highest BCUT2D eigenvalue weighted by Gasteiger charge is 2.27. The molecule has 1 aliphatic rings. The van der Waals surface area contributed by atoms with Crippen LogP contribution in [0, 0.1) is 5.92 Å². The quantitative estimate of drug-likeness (QED) is 0.818. The lowest BCUT2D eigenvalue weighted by Crippen LogP contribution is -2.48. The number of anilines is 1. The third kappa shape index (κ3) is 1.70. The van der Waals surface area contributed by atoms with Crippen molar-refractivity contribution >= 4 is 16.6 Å². The molecule has 17 heavy (non-hydrogen) atoms. The Morgan fingerprint density at radius 2 is 2.12 bits per heavy atom. The Bertz CT molecular complexity index is 550. The third-order valence-electron chi connectivity index (χ3n) is 3.24. The van der Waals surface area contributed by atoms with Crippen LogP contribution in [0.3, 0.4) is 0 Å². The molecule has 4 heteroatoms. The van der Waals surface area contributed by atoms with Gasteiger partial charge in [0.2, 0.25) is 0 Å². The van der Waals surface area contributed by atoms with Gasteiger partial charge in [-0.05, 0) is 23.6 Å². The summed E-state index contributed by atoms with van der Waals surface area (Å²) in [4.78, 5) is 6.50. The first-order valence-corrected chi connectivity index (χ1v) is 5.71. The Balaban J connectivity index is 2.02. The minimum atomic E-state index is 0.229. The lowest BCUT2D eigenvalue weighted by molar-refractivity contribution is 0.200. The molecule has 2 aromatic rings. The normalized spacial score (nSPS) is 16.2. The lowest BCUT2D eigenvalue weighted by atomic mass is 10.0. The van der Waals surface area contributed by atoms with Crippen LogP contribution in [0.4, 0.5) is 5.82 Å². The average Bonchev–Trinajstić information content (AvgIpc) is 2.28. The minimum absolute atomic E-state index is 0.229.